The van der Waals surface area contributed by atoms with Gasteiger partial charge in [-0.05, 0) is 7.05 Å². The Balaban J connectivity index is 2.12. The maximum atomic E-state index is 5.47. The lowest BCUT2D eigenvalue weighted by Gasteiger charge is -2.29. The van der Waals surface area contributed by atoms with Crippen molar-refractivity contribution in [2.45, 2.75) is 12.6 Å². The van der Waals surface area contributed by atoms with Crippen molar-refractivity contribution in [3.8, 4) is 0 Å². The highest BCUT2D eigenvalue weighted by atomic mass is 32.2. The maximum absolute atomic E-state index is 5.47. The topological polar surface area (TPSA) is 70.8 Å². The minimum atomic E-state index is 0.338. The third-order valence-electron chi connectivity index (χ3n) is 2.44. The monoisotopic (exact) mass is 213 g/mol. The summed E-state index contributed by atoms with van der Waals surface area (Å²) in [4.78, 5) is 6.65. The molecule has 0 aromatic carbocycles. The summed E-state index contributed by atoms with van der Waals surface area (Å²) in [6.07, 6.45) is 0. The molecule has 1 atom stereocenters. The maximum Gasteiger partial charge on any atom is 0.168 e. The fraction of sp³-hybridized carbons (Fsp3) is 0.750. The van der Waals surface area contributed by atoms with E-state index in [1.807, 2.05) is 11.8 Å². The van der Waals surface area contributed by atoms with Crippen molar-refractivity contribution in [2.24, 2.45) is 5.73 Å². The van der Waals surface area contributed by atoms with Gasteiger partial charge in [0, 0.05) is 18.1 Å². The summed E-state index contributed by atoms with van der Waals surface area (Å²) in [5.41, 5.74) is 5.47. The van der Waals surface area contributed by atoms with Crippen molar-refractivity contribution in [3.05, 3.63) is 11.6 Å². The van der Waals surface area contributed by atoms with Gasteiger partial charge in [-0.3, -0.25) is 10.00 Å². The first-order chi connectivity index (χ1) is 6.81. The summed E-state index contributed by atoms with van der Waals surface area (Å²) in [5.74, 6) is 3.91. The second kappa shape index (κ2) is 4.29. The SMILES string of the molecule is CN1CCSCC1c1n[nH]c(CN)n1. The van der Waals surface area contributed by atoms with Crippen LogP contribution < -0.4 is 5.73 Å². The van der Waals surface area contributed by atoms with Crippen LogP contribution in [-0.2, 0) is 6.54 Å². The fourth-order valence-corrected chi connectivity index (χ4v) is 2.72. The normalized spacial score (nSPS) is 24.0. The fourth-order valence-electron chi connectivity index (χ4n) is 1.51. The molecule has 1 aromatic rings. The molecule has 2 rings (SSSR count). The zero-order valence-corrected chi connectivity index (χ0v) is 9.05. The minimum Gasteiger partial charge on any atom is -0.324 e. The molecule has 0 amide bonds. The van der Waals surface area contributed by atoms with Crippen LogP contribution in [0.25, 0.3) is 0 Å². The summed E-state index contributed by atoms with van der Waals surface area (Å²) in [6.45, 7) is 1.53. The standard InChI is InChI=1S/C8H15N5S/c1-13-2-3-14-5-6(13)8-10-7(4-9)11-12-8/h6H,2-5,9H2,1H3,(H,10,11,12). The van der Waals surface area contributed by atoms with Gasteiger partial charge in [0.25, 0.3) is 0 Å². The average molecular weight is 213 g/mol. The summed E-state index contributed by atoms with van der Waals surface area (Å²) < 4.78 is 0. The van der Waals surface area contributed by atoms with Crippen molar-refractivity contribution in [3.63, 3.8) is 0 Å². The summed E-state index contributed by atoms with van der Waals surface area (Å²) in [6, 6.07) is 0.338. The van der Waals surface area contributed by atoms with Crippen LogP contribution in [0.2, 0.25) is 0 Å². The summed E-state index contributed by atoms with van der Waals surface area (Å²) >= 11 is 1.95. The summed E-state index contributed by atoms with van der Waals surface area (Å²) in [7, 11) is 2.11. The summed E-state index contributed by atoms with van der Waals surface area (Å²) in [5, 5.41) is 7.04. The Bertz CT molecular complexity index is 300. The quantitative estimate of drug-likeness (QED) is 0.722. The highest BCUT2D eigenvalue weighted by Gasteiger charge is 2.24. The van der Waals surface area contributed by atoms with Gasteiger partial charge in [-0.15, -0.1) is 0 Å². The van der Waals surface area contributed by atoms with Gasteiger partial charge in [0.1, 0.15) is 5.82 Å². The number of nitrogens with one attached hydrogen (secondary N) is 1. The molecular weight excluding hydrogens is 198 g/mol. The third kappa shape index (κ3) is 1.92. The van der Waals surface area contributed by atoms with Crippen LogP contribution in [0.4, 0.5) is 0 Å². The molecule has 1 aliphatic heterocycles. The zero-order valence-electron chi connectivity index (χ0n) is 8.23. The van der Waals surface area contributed by atoms with E-state index < -0.39 is 0 Å². The first kappa shape index (κ1) is 9.95. The van der Waals surface area contributed by atoms with E-state index in [9.17, 15) is 0 Å². The van der Waals surface area contributed by atoms with Gasteiger partial charge in [0.05, 0.1) is 12.6 Å². The molecule has 0 saturated carbocycles. The molecule has 1 fully saturated rings. The second-order valence-electron chi connectivity index (χ2n) is 3.42. The van der Waals surface area contributed by atoms with Gasteiger partial charge in [-0.1, -0.05) is 0 Å². The lowest BCUT2D eigenvalue weighted by molar-refractivity contribution is 0.265. The van der Waals surface area contributed by atoms with Crippen molar-refractivity contribution in [1.29, 1.82) is 0 Å². The predicted octanol–water partition coefficient (Wildman–Crippen LogP) is -0.0169. The molecule has 1 unspecified atom stereocenters. The van der Waals surface area contributed by atoms with Crippen LogP contribution in [0.5, 0.6) is 0 Å². The number of aromatic amines is 1. The molecule has 0 aliphatic carbocycles. The van der Waals surface area contributed by atoms with Crippen molar-refractivity contribution in [1.82, 2.24) is 20.1 Å². The molecule has 3 N–H and O–H groups in total. The number of hydrogen-bond donors (Lipinski definition) is 2. The van der Waals surface area contributed by atoms with Gasteiger partial charge in [-0.2, -0.15) is 16.9 Å². The Kier molecular flexibility index (Phi) is 3.05. The Labute approximate surface area is 87.5 Å². The minimum absolute atomic E-state index is 0.338. The van der Waals surface area contributed by atoms with Crippen LogP contribution in [0.15, 0.2) is 0 Å². The molecule has 0 radical (unpaired) electrons. The van der Waals surface area contributed by atoms with E-state index in [4.69, 9.17) is 5.73 Å². The number of nitrogens with zero attached hydrogens (tertiary/aromatic N) is 3. The molecule has 2 heterocycles. The van der Waals surface area contributed by atoms with Crippen LogP contribution in [0.1, 0.15) is 17.7 Å². The Hall–Kier alpha value is -0.590. The zero-order chi connectivity index (χ0) is 9.97. The molecule has 5 nitrogen and oxygen atoms in total. The molecule has 0 spiro atoms. The van der Waals surface area contributed by atoms with E-state index in [-0.39, 0.29) is 0 Å². The van der Waals surface area contributed by atoms with Crippen LogP contribution in [-0.4, -0.2) is 45.2 Å². The Morgan fingerprint density at radius 1 is 1.71 bits per heavy atom. The molecule has 1 saturated heterocycles. The molecule has 6 heteroatoms. The Morgan fingerprint density at radius 2 is 2.57 bits per heavy atom. The Morgan fingerprint density at radius 3 is 3.21 bits per heavy atom. The van der Waals surface area contributed by atoms with E-state index >= 15 is 0 Å². The average Bonchev–Trinajstić information content (AvgIpc) is 2.67. The van der Waals surface area contributed by atoms with Gasteiger partial charge >= 0.3 is 0 Å². The van der Waals surface area contributed by atoms with Crippen LogP contribution >= 0.6 is 11.8 Å². The van der Waals surface area contributed by atoms with Crippen LogP contribution in [0.3, 0.4) is 0 Å². The van der Waals surface area contributed by atoms with Gasteiger partial charge < -0.3 is 5.73 Å². The number of rotatable bonds is 2. The van der Waals surface area contributed by atoms with Crippen molar-refractivity contribution in [2.75, 3.05) is 25.1 Å². The molecule has 1 aliphatic rings. The van der Waals surface area contributed by atoms with Crippen molar-refractivity contribution < 1.29 is 0 Å². The molecule has 1 aromatic heterocycles. The first-order valence-corrected chi connectivity index (χ1v) is 5.86. The third-order valence-corrected chi connectivity index (χ3v) is 3.46. The number of nitrogens with two attached hydrogens (primary N) is 1. The van der Waals surface area contributed by atoms with E-state index in [1.165, 1.54) is 5.75 Å². The second-order valence-corrected chi connectivity index (χ2v) is 4.57. The molecule has 78 valence electrons. The van der Waals surface area contributed by atoms with Gasteiger partial charge in [0.15, 0.2) is 5.82 Å². The number of aromatic nitrogens is 3. The van der Waals surface area contributed by atoms with E-state index in [2.05, 4.69) is 27.1 Å². The predicted molar refractivity (Wildman–Crippen MR) is 57.0 cm³/mol. The highest BCUT2D eigenvalue weighted by Crippen LogP contribution is 2.25. The largest absolute Gasteiger partial charge is 0.324 e. The number of H-pyrrole nitrogens is 1. The van der Waals surface area contributed by atoms with Crippen LogP contribution in [0, 0.1) is 0 Å². The smallest absolute Gasteiger partial charge is 0.168 e. The molecule has 14 heavy (non-hydrogen) atoms. The number of hydrogen-bond acceptors (Lipinski definition) is 5. The van der Waals surface area contributed by atoms with Gasteiger partial charge in [-0.25, -0.2) is 4.98 Å². The van der Waals surface area contributed by atoms with E-state index in [0.717, 1.165) is 23.9 Å². The van der Waals surface area contributed by atoms with Crippen molar-refractivity contribution >= 4 is 11.8 Å². The van der Waals surface area contributed by atoms with E-state index in [1.54, 1.807) is 0 Å². The number of thioether (sulfide) groups is 1. The first-order valence-electron chi connectivity index (χ1n) is 4.70. The van der Waals surface area contributed by atoms with E-state index in [0.29, 0.717) is 12.6 Å². The highest BCUT2D eigenvalue weighted by molar-refractivity contribution is 7.99. The molecule has 0 bridgehead atoms. The van der Waals surface area contributed by atoms with Gasteiger partial charge in [0.2, 0.25) is 0 Å². The molecular formula is C8H15N5S. The lowest BCUT2D eigenvalue weighted by Crippen LogP contribution is -2.33. The lowest BCUT2D eigenvalue weighted by atomic mass is 10.3.